The van der Waals surface area contributed by atoms with Crippen LogP contribution < -0.4 is 15.0 Å². The zero-order chi connectivity index (χ0) is 20.5. The van der Waals surface area contributed by atoms with E-state index in [1.807, 2.05) is 24.3 Å². The Hall–Kier alpha value is -2.60. The van der Waals surface area contributed by atoms with Gasteiger partial charge >= 0.3 is 0 Å². The van der Waals surface area contributed by atoms with E-state index < -0.39 is 0 Å². The monoisotopic (exact) mass is 410 g/mol. The van der Waals surface area contributed by atoms with Crippen LogP contribution in [0.2, 0.25) is 0 Å². The summed E-state index contributed by atoms with van der Waals surface area (Å²) in [5.74, 6) is 2.69. The first kappa shape index (κ1) is 19.7. The van der Waals surface area contributed by atoms with Crippen LogP contribution in [0.5, 0.6) is 11.5 Å². The molecule has 0 saturated carbocycles. The second-order valence-electron chi connectivity index (χ2n) is 7.71. The molecule has 0 radical (unpaired) electrons. The lowest BCUT2D eigenvalue weighted by molar-refractivity contribution is 0.257. The van der Waals surface area contributed by atoms with Crippen molar-refractivity contribution in [2.75, 3.05) is 13.7 Å². The van der Waals surface area contributed by atoms with E-state index in [1.54, 1.807) is 23.0 Å². The molecule has 1 aromatic carbocycles. The molecule has 3 heterocycles. The first-order valence-corrected chi connectivity index (χ1v) is 10.9. The predicted octanol–water partition coefficient (Wildman–Crippen LogP) is 5.01. The van der Waals surface area contributed by atoms with Crippen LogP contribution in [0.3, 0.4) is 0 Å². The molecule has 1 aliphatic heterocycles. The lowest BCUT2D eigenvalue weighted by Crippen LogP contribution is -2.19. The molecule has 0 atom stereocenters. The molecule has 0 aliphatic carbocycles. The van der Waals surface area contributed by atoms with Crippen molar-refractivity contribution in [3.63, 3.8) is 0 Å². The standard InChI is InChI=1S/C23H26N2O3S/c1-5-17-12-18-22(29-17)24-21-16(8-9-25(21)23(18)26)10-15-6-7-19(20(11-15)27-4)28-13-14(2)3/h6-7,10-12,14H,5,8-9,13H2,1-4H3/b16-10+. The van der Waals surface area contributed by atoms with Gasteiger partial charge in [-0.3, -0.25) is 9.36 Å². The van der Waals surface area contributed by atoms with Crippen LogP contribution in [-0.2, 0) is 13.0 Å². The number of aromatic nitrogens is 2. The number of hydrogen-bond acceptors (Lipinski definition) is 5. The number of methoxy groups -OCH3 is 1. The summed E-state index contributed by atoms with van der Waals surface area (Å²) in [5.41, 5.74) is 2.16. The zero-order valence-electron chi connectivity index (χ0n) is 17.3. The number of aryl methyl sites for hydroxylation is 1. The molecule has 6 heteroatoms. The van der Waals surface area contributed by atoms with Gasteiger partial charge in [-0.2, -0.15) is 0 Å². The summed E-state index contributed by atoms with van der Waals surface area (Å²) in [7, 11) is 1.65. The molecule has 0 fully saturated rings. The van der Waals surface area contributed by atoms with Crippen molar-refractivity contribution in [1.29, 1.82) is 0 Å². The highest BCUT2D eigenvalue weighted by atomic mass is 32.1. The fourth-order valence-electron chi connectivity index (χ4n) is 3.52. The molecule has 0 N–H and O–H groups in total. The number of ether oxygens (including phenoxy) is 2. The van der Waals surface area contributed by atoms with Crippen LogP contribution in [0.1, 0.15) is 43.5 Å². The van der Waals surface area contributed by atoms with Gasteiger partial charge in [0.2, 0.25) is 0 Å². The molecular weight excluding hydrogens is 384 g/mol. The van der Waals surface area contributed by atoms with Gasteiger partial charge in [0.1, 0.15) is 10.7 Å². The highest BCUT2D eigenvalue weighted by Gasteiger charge is 2.22. The third-order valence-corrected chi connectivity index (χ3v) is 6.22. The second kappa shape index (κ2) is 8.03. The average molecular weight is 411 g/mol. The molecule has 152 valence electrons. The van der Waals surface area contributed by atoms with Crippen LogP contribution in [0.4, 0.5) is 0 Å². The van der Waals surface area contributed by atoms with E-state index in [0.29, 0.717) is 24.8 Å². The average Bonchev–Trinajstić information content (AvgIpc) is 3.31. The Labute approximate surface area is 174 Å². The smallest absolute Gasteiger partial charge is 0.262 e. The Bertz CT molecular complexity index is 1140. The van der Waals surface area contributed by atoms with Crippen LogP contribution in [0, 0.1) is 5.92 Å². The van der Waals surface area contributed by atoms with Crippen molar-refractivity contribution in [2.24, 2.45) is 5.92 Å². The van der Waals surface area contributed by atoms with Gasteiger partial charge in [0.15, 0.2) is 11.5 Å². The van der Waals surface area contributed by atoms with Gasteiger partial charge in [0.05, 0.1) is 19.1 Å². The highest BCUT2D eigenvalue weighted by molar-refractivity contribution is 7.18. The van der Waals surface area contributed by atoms with Crippen LogP contribution in [0.15, 0.2) is 29.1 Å². The first-order chi connectivity index (χ1) is 14.0. The third-order valence-electron chi connectivity index (χ3n) is 5.04. The van der Waals surface area contributed by atoms with Gasteiger partial charge in [-0.25, -0.2) is 4.98 Å². The maximum absolute atomic E-state index is 12.9. The lowest BCUT2D eigenvalue weighted by atomic mass is 10.1. The molecule has 0 amide bonds. The summed E-state index contributed by atoms with van der Waals surface area (Å²) in [5, 5.41) is 0.741. The van der Waals surface area contributed by atoms with E-state index in [9.17, 15) is 4.79 Å². The highest BCUT2D eigenvalue weighted by Crippen LogP contribution is 2.33. The van der Waals surface area contributed by atoms with Crippen molar-refractivity contribution < 1.29 is 9.47 Å². The molecule has 0 saturated heterocycles. The van der Waals surface area contributed by atoms with E-state index in [1.165, 1.54) is 4.88 Å². The molecule has 2 aromatic heterocycles. The number of hydrogen-bond donors (Lipinski definition) is 0. The second-order valence-corrected chi connectivity index (χ2v) is 8.83. The number of fused-ring (bicyclic) bond motifs is 2. The van der Waals surface area contributed by atoms with Crippen molar-refractivity contribution in [3.05, 3.63) is 50.9 Å². The maximum Gasteiger partial charge on any atom is 0.262 e. The van der Waals surface area contributed by atoms with Crippen molar-refractivity contribution in [2.45, 2.75) is 40.2 Å². The summed E-state index contributed by atoms with van der Waals surface area (Å²) in [4.78, 5) is 19.7. The quantitative estimate of drug-likeness (QED) is 0.573. The van der Waals surface area contributed by atoms with Crippen LogP contribution >= 0.6 is 11.3 Å². The summed E-state index contributed by atoms with van der Waals surface area (Å²) in [6.07, 6.45) is 3.82. The molecular formula is C23H26N2O3S. The number of nitrogens with zero attached hydrogens (tertiary/aromatic N) is 2. The van der Waals surface area contributed by atoms with E-state index in [2.05, 4.69) is 26.8 Å². The van der Waals surface area contributed by atoms with Crippen molar-refractivity contribution >= 4 is 33.2 Å². The summed E-state index contributed by atoms with van der Waals surface area (Å²) in [6, 6.07) is 7.93. The van der Waals surface area contributed by atoms with Gasteiger partial charge in [0, 0.05) is 11.4 Å². The van der Waals surface area contributed by atoms with Gasteiger partial charge < -0.3 is 9.47 Å². The predicted molar refractivity (Wildman–Crippen MR) is 119 cm³/mol. The molecule has 0 spiro atoms. The summed E-state index contributed by atoms with van der Waals surface area (Å²) >= 11 is 1.61. The normalized spacial score (nSPS) is 14.7. The van der Waals surface area contributed by atoms with Crippen LogP contribution in [-0.4, -0.2) is 23.3 Å². The summed E-state index contributed by atoms with van der Waals surface area (Å²) < 4.78 is 13.2. The Morgan fingerprint density at radius 3 is 2.83 bits per heavy atom. The Morgan fingerprint density at radius 2 is 2.10 bits per heavy atom. The lowest BCUT2D eigenvalue weighted by Gasteiger charge is -2.13. The van der Waals surface area contributed by atoms with E-state index >= 15 is 0 Å². The van der Waals surface area contributed by atoms with E-state index in [-0.39, 0.29) is 5.56 Å². The molecule has 1 aliphatic rings. The fraction of sp³-hybridized carbons (Fsp3) is 0.391. The minimum atomic E-state index is 0.0689. The molecule has 0 bridgehead atoms. The summed E-state index contributed by atoms with van der Waals surface area (Å²) in [6.45, 7) is 7.65. The van der Waals surface area contributed by atoms with Gasteiger partial charge in [-0.05, 0) is 54.2 Å². The Balaban J connectivity index is 1.70. The van der Waals surface area contributed by atoms with Gasteiger partial charge in [-0.15, -0.1) is 11.3 Å². The molecule has 5 nitrogen and oxygen atoms in total. The number of benzene rings is 1. The van der Waals surface area contributed by atoms with Crippen molar-refractivity contribution in [3.8, 4) is 11.5 Å². The Kier molecular flexibility index (Phi) is 5.46. The Morgan fingerprint density at radius 1 is 1.28 bits per heavy atom. The zero-order valence-corrected chi connectivity index (χ0v) is 18.1. The minimum absolute atomic E-state index is 0.0689. The molecule has 0 unspecified atom stereocenters. The third kappa shape index (κ3) is 3.81. The van der Waals surface area contributed by atoms with Gasteiger partial charge in [0.25, 0.3) is 5.56 Å². The molecule has 3 aromatic rings. The first-order valence-electron chi connectivity index (χ1n) is 10.0. The minimum Gasteiger partial charge on any atom is -0.493 e. The van der Waals surface area contributed by atoms with Gasteiger partial charge in [-0.1, -0.05) is 26.8 Å². The number of allylic oxidation sites excluding steroid dienone is 1. The largest absolute Gasteiger partial charge is 0.493 e. The maximum atomic E-state index is 12.9. The molecule has 4 rings (SSSR count). The fourth-order valence-corrected chi connectivity index (χ4v) is 4.48. The van der Waals surface area contributed by atoms with Crippen molar-refractivity contribution in [1.82, 2.24) is 9.55 Å². The van der Waals surface area contributed by atoms with Crippen LogP contribution in [0.25, 0.3) is 21.9 Å². The van der Waals surface area contributed by atoms with E-state index in [4.69, 9.17) is 14.5 Å². The van der Waals surface area contributed by atoms with E-state index in [0.717, 1.165) is 45.8 Å². The SMILES string of the molecule is CCc1cc2c(=O)n3c(nc2s1)/C(=C/c1ccc(OCC(C)C)c(OC)c1)CC3. The number of rotatable bonds is 6. The topological polar surface area (TPSA) is 53.4 Å². The molecule has 29 heavy (non-hydrogen) atoms. The number of thiophene rings is 1.